The average Bonchev–Trinajstić information content (AvgIpc) is 1.76. The first kappa shape index (κ1) is 5.74. The van der Waals surface area contributed by atoms with Gasteiger partial charge in [0.05, 0.1) is 0 Å². The normalized spacial score (nSPS) is 6.67. The predicted molar refractivity (Wildman–Crippen MR) is 15.2 cm³/mol. The largest absolute Gasteiger partial charge is 1.00 e. The fraction of sp³-hybridized carbons (Fsp3) is 0. The fourth-order valence-electron chi connectivity index (χ4n) is 0.144. The van der Waals surface area contributed by atoms with Crippen molar-refractivity contribution < 1.29 is 18.9 Å². The van der Waals surface area contributed by atoms with E-state index >= 15 is 0 Å². The van der Waals surface area contributed by atoms with E-state index in [0.717, 1.165) is 0 Å². The molecular weight excluding hydrogens is 73.0 g/mol. The van der Waals surface area contributed by atoms with Gasteiger partial charge in [0.25, 0.3) is 0 Å². The van der Waals surface area contributed by atoms with Gasteiger partial charge in [0.1, 0.15) is 0 Å². The van der Waals surface area contributed by atoms with Crippen LogP contribution < -0.4 is 18.9 Å². The van der Waals surface area contributed by atoms with Gasteiger partial charge < -0.3 is 10.1 Å². The van der Waals surface area contributed by atoms with E-state index in [-0.39, 0.29) is 18.9 Å². The first-order valence-electron chi connectivity index (χ1n) is 1.22. The quantitative estimate of drug-likeness (QED) is 0.258. The molecule has 1 aromatic heterocycles. The van der Waals surface area contributed by atoms with Crippen LogP contribution >= 0.6 is 0 Å². The van der Waals surface area contributed by atoms with Crippen LogP contribution in [0.2, 0.25) is 0 Å². The zero-order chi connectivity index (χ0) is 3.54. The van der Waals surface area contributed by atoms with Gasteiger partial charge in [0.15, 0.2) is 0 Å². The number of nitrogens with zero attached hydrogens (tertiary/aromatic N) is 2. The van der Waals surface area contributed by atoms with E-state index < -0.39 is 0 Å². The van der Waals surface area contributed by atoms with Gasteiger partial charge in [-0.2, -0.15) is 0 Å². The van der Waals surface area contributed by atoms with Crippen LogP contribution in [0.5, 0.6) is 0 Å². The van der Waals surface area contributed by atoms with Crippen LogP contribution in [0.25, 0.3) is 0 Å². The fourth-order valence-corrected chi connectivity index (χ4v) is 0.144. The predicted octanol–water partition coefficient (Wildman–Crippen LogP) is -3.39. The van der Waals surface area contributed by atoms with Gasteiger partial charge in [-0.25, -0.2) is 0 Å². The molecule has 1 rings (SSSR count). The number of H-pyrrole nitrogens is 1. The van der Waals surface area contributed by atoms with E-state index in [2.05, 4.69) is 21.5 Å². The average molecular weight is 75.0 g/mol. The molecule has 1 N–H and O–H groups in total. The Morgan fingerprint density at radius 2 is 2.50 bits per heavy atom. The summed E-state index contributed by atoms with van der Waals surface area (Å²) >= 11 is 0. The molecule has 0 aliphatic heterocycles. The third kappa shape index (κ3) is 1.25. The summed E-state index contributed by atoms with van der Waals surface area (Å²) < 4.78 is 0. The van der Waals surface area contributed by atoms with Crippen molar-refractivity contribution >= 4 is 0 Å². The summed E-state index contributed by atoms with van der Waals surface area (Å²) in [6.45, 7) is 0. The van der Waals surface area contributed by atoms with Gasteiger partial charge in [-0.3, -0.25) is 5.10 Å². The molecule has 0 fully saturated rings. The molecule has 0 atom stereocenters. The van der Waals surface area contributed by atoms with Crippen molar-refractivity contribution in [1.82, 2.24) is 15.2 Å². The first-order valence-corrected chi connectivity index (χ1v) is 1.22. The molecule has 0 radical (unpaired) electrons. The minimum atomic E-state index is 0. The van der Waals surface area contributed by atoms with Crippen molar-refractivity contribution in [3.8, 4) is 0 Å². The molecule has 6 heavy (non-hydrogen) atoms. The van der Waals surface area contributed by atoms with Gasteiger partial charge >= 0.3 is 18.9 Å². The van der Waals surface area contributed by atoms with Crippen LogP contribution in [-0.2, 0) is 0 Å². The molecule has 1 aromatic rings. The SMILES string of the molecule is [Li+].[c-]1nc[nH]n1. The Balaban J connectivity index is 0.000000250. The second-order valence-corrected chi connectivity index (χ2v) is 0.599. The summed E-state index contributed by atoms with van der Waals surface area (Å²) in [5.74, 6) is 0. The summed E-state index contributed by atoms with van der Waals surface area (Å²) in [5, 5.41) is 5.81. The van der Waals surface area contributed by atoms with E-state index in [1.807, 2.05) is 0 Å². The smallest absolute Gasteiger partial charge is 0.421 e. The molecule has 0 bridgehead atoms. The topological polar surface area (TPSA) is 41.6 Å². The van der Waals surface area contributed by atoms with Crippen LogP contribution in [0.3, 0.4) is 0 Å². The van der Waals surface area contributed by atoms with Crippen LogP contribution in [0.1, 0.15) is 0 Å². The number of aromatic amines is 1. The number of nitrogens with one attached hydrogen (secondary N) is 1. The van der Waals surface area contributed by atoms with E-state index in [0.29, 0.717) is 0 Å². The monoisotopic (exact) mass is 75.0 g/mol. The van der Waals surface area contributed by atoms with E-state index in [4.69, 9.17) is 0 Å². The number of hydrogen-bond donors (Lipinski definition) is 1. The molecular formula is C2H2LiN3. The second kappa shape index (κ2) is 2.95. The minimum absolute atomic E-state index is 0. The van der Waals surface area contributed by atoms with E-state index in [1.165, 1.54) is 6.33 Å². The Bertz CT molecular complexity index is 65.3. The van der Waals surface area contributed by atoms with Crippen molar-refractivity contribution in [1.29, 1.82) is 0 Å². The molecule has 26 valence electrons. The van der Waals surface area contributed by atoms with Crippen LogP contribution in [0.4, 0.5) is 0 Å². The first-order chi connectivity index (χ1) is 2.50. The molecule has 4 heteroatoms. The second-order valence-electron chi connectivity index (χ2n) is 0.599. The number of rotatable bonds is 0. The Hall–Kier alpha value is -0.263. The Morgan fingerprint density at radius 1 is 1.67 bits per heavy atom. The molecule has 0 unspecified atom stereocenters. The maximum atomic E-state index is 3.43. The molecule has 0 aromatic carbocycles. The van der Waals surface area contributed by atoms with Gasteiger partial charge in [-0.05, 0) is 12.7 Å². The van der Waals surface area contributed by atoms with Gasteiger partial charge in [0.2, 0.25) is 0 Å². The Labute approximate surface area is 47.3 Å². The van der Waals surface area contributed by atoms with Crippen molar-refractivity contribution in [2.75, 3.05) is 0 Å². The molecule has 0 saturated heterocycles. The number of hydrogen-bond acceptors (Lipinski definition) is 2. The summed E-state index contributed by atoms with van der Waals surface area (Å²) in [7, 11) is 0. The van der Waals surface area contributed by atoms with Crippen LogP contribution in [0.15, 0.2) is 6.33 Å². The van der Waals surface area contributed by atoms with Crippen molar-refractivity contribution in [3.05, 3.63) is 12.7 Å². The molecule has 0 spiro atoms. The van der Waals surface area contributed by atoms with Crippen molar-refractivity contribution in [2.45, 2.75) is 0 Å². The maximum absolute atomic E-state index is 3.43. The number of aromatic nitrogens is 3. The minimum Gasteiger partial charge on any atom is -0.421 e. The summed E-state index contributed by atoms with van der Waals surface area (Å²) in [5.41, 5.74) is 0. The van der Waals surface area contributed by atoms with Gasteiger partial charge in [0, 0.05) is 0 Å². The van der Waals surface area contributed by atoms with E-state index in [9.17, 15) is 0 Å². The summed E-state index contributed by atoms with van der Waals surface area (Å²) in [4.78, 5) is 3.43. The molecule has 0 amide bonds. The third-order valence-corrected chi connectivity index (χ3v) is 0.295. The zero-order valence-electron chi connectivity index (χ0n) is 3.47. The van der Waals surface area contributed by atoms with Crippen LogP contribution in [0, 0.1) is 6.33 Å². The van der Waals surface area contributed by atoms with Gasteiger partial charge in [-0.15, -0.1) is 0 Å². The third-order valence-electron chi connectivity index (χ3n) is 0.295. The standard InChI is InChI=1S/C2H2N3.Li/c1-3-2-5-4-1;/h1H,(H,3,4,5);/q-1;+1. The molecule has 3 nitrogen and oxygen atoms in total. The molecule has 0 aliphatic rings. The maximum Gasteiger partial charge on any atom is 1.00 e. The molecule has 1 heterocycles. The Morgan fingerprint density at radius 3 is 2.67 bits per heavy atom. The summed E-state index contributed by atoms with van der Waals surface area (Å²) in [6.07, 6.45) is 3.76. The molecule has 0 saturated carbocycles. The van der Waals surface area contributed by atoms with Gasteiger partial charge in [-0.1, -0.05) is 0 Å². The van der Waals surface area contributed by atoms with E-state index in [1.54, 1.807) is 0 Å². The summed E-state index contributed by atoms with van der Waals surface area (Å²) in [6, 6.07) is 0. The zero-order valence-corrected chi connectivity index (χ0v) is 3.47. The van der Waals surface area contributed by atoms with Crippen molar-refractivity contribution in [2.24, 2.45) is 0 Å². The molecule has 0 aliphatic carbocycles. The Kier molecular flexibility index (Phi) is 2.82. The van der Waals surface area contributed by atoms with Crippen LogP contribution in [-0.4, -0.2) is 15.2 Å². The van der Waals surface area contributed by atoms with Crippen molar-refractivity contribution in [3.63, 3.8) is 0 Å².